The summed E-state index contributed by atoms with van der Waals surface area (Å²) in [4.78, 5) is 25.3. The summed E-state index contributed by atoms with van der Waals surface area (Å²) in [5.41, 5.74) is 0.533. The van der Waals surface area contributed by atoms with Crippen LogP contribution in [0.3, 0.4) is 0 Å². The molecule has 25 heavy (non-hydrogen) atoms. The molecule has 1 aliphatic heterocycles. The van der Waals surface area contributed by atoms with E-state index in [1.165, 1.54) is 28.2 Å². The van der Waals surface area contributed by atoms with Crippen molar-refractivity contribution in [1.29, 1.82) is 0 Å². The third kappa shape index (κ3) is 4.96. The number of carbonyl (C=O) groups excluding carboxylic acids is 2. The summed E-state index contributed by atoms with van der Waals surface area (Å²) < 4.78 is 26.2. The van der Waals surface area contributed by atoms with E-state index in [2.05, 4.69) is 5.32 Å². The normalized spacial score (nSPS) is 15.0. The minimum Gasteiger partial charge on any atom is -0.332 e. The molecule has 0 saturated carbocycles. The molecule has 2 rings (SSSR count). The predicted molar refractivity (Wildman–Crippen MR) is 99.2 cm³/mol. The number of nitrogens with zero attached hydrogens (tertiary/aromatic N) is 2. The van der Waals surface area contributed by atoms with E-state index in [1.807, 2.05) is 0 Å². The molecular formula is C16H23N3O4S2. The van der Waals surface area contributed by atoms with Crippen molar-refractivity contribution < 1.29 is 18.0 Å². The zero-order valence-corrected chi connectivity index (χ0v) is 16.0. The molecule has 7 nitrogen and oxygen atoms in total. The van der Waals surface area contributed by atoms with Gasteiger partial charge in [0, 0.05) is 44.0 Å². The van der Waals surface area contributed by atoms with Crippen molar-refractivity contribution >= 4 is 38.6 Å². The number of carbonyl (C=O) groups is 2. The molecular weight excluding hydrogens is 362 g/mol. The number of nitrogens with one attached hydrogen (secondary N) is 1. The van der Waals surface area contributed by atoms with Crippen LogP contribution in [0, 0.1) is 0 Å². The molecule has 1 aromatic rings. The third-order valence-electron chi connectivity index (χ3n) is 3.93. The van der Waals surface area contributed by atoms with E-state index in [-0.39, 0.29) is 22.5 Å². The fourth-order valence-corrected chi connectivity index (χ4v) is 4.82. The Labute approximate surface area is 152 Å². The molecule has 0 unspecified atom stereocenters. The summed E-state index contributed by atoms with van der Waals surface area (Å²) in [7, 11) is -3.50. The topological polar surface area (TPSA) is 86.8 Å². The lowest BCUT2D eigenvalue weighted by atomic mass is 10.3. The largest absolute Gasteiger partial charge is 0.332 e. The molecule has 0 spiro atoms. The highest BCUT2D eigenvalue weighted by molar-refractivity contribution is 8.13. The highest BCUT2D eigenvalue weighted by Crippen LogP contribution is 2.19. The third-order valence-corrected chi connectivity index (χ3v) is 6.89. The van der Waals surface area contributed by atoms with Gasteiger partial charge in [-0.25, -0.2) is 8.42 Å². The first-order valence-corrected chi connectivity index (χ1v) is 10.6. The Morgan fingerprint density at radius 3 is 2.40 bits per heavy atom. The molecule has 0 radical (unpaired) electrons. The van der Waals surface area contributed by atoms with Gasteiger partial charge in [0.05, 0.1) is 4.90 Å². The van der Waals surface area contributed by atoms with E-state index < -0.39 is 10.0 Å². The lowest BCUT2D eigenvalue weighted by Gasteiger charge is -2.18. The van der Waals surface area contributed by atoms with Crippen LogP contribution in [0.5, 0.6) is 0 Å². The summed E-state index contributed by atoms with van der Waals surface area (Å²) >= 11 is 1.27. The number of amides is 2. The molecule has 1 saturated heterocycles. The van der Waals surface area contributed by atoms with Gasteiger partial charge in [0.2, 0.25) is 15.9 Å². The number of hydrogen-bond donors (Lipinski definition) is 1. The zero-order chi connectivity index (χ0) is 18.4. The summed E-state index contributed by atoms with van der Waals surface area (Å²) in [6.45, 7) is 5.47. The Morgan fingerprint density at radius 1 is 1.24 bits per heavy atom. The second-order valence-electron chi connectivity index (χ2n) is 5.51. The van der Waals surface area contributed by atoms with E-state index >= 15 is 0 Å². The molecule has 2 amide bonds. The highest BCUT2D eigenvalue weighted by atomic mass is 32.2. The lowest BCUT2D eigenvalue weighted by Crippen LogP contribution is -2.30. The van der Waals surface area contributed by atoms with Gasteiger partial charge in [-0.05, 0) is 24.3 Å². The molecule has 0 aromatic heterocycles. The van der Waals surface area contributed by atoms with Crippen LogP contribution in [0.4, 0.5) is 10.5 Å². The van der Waals surface area contributed by atoms with Gasteiger partial charge in [-0.2, -0.15) is 4.31 Å². The van der Waals surface area contributed by atoms with Gasteiger partial charge in [0.25, 0.3) is 5.24 Å². The van der Waals surface area contributed by atoms with Crippen LogP contribution >= 0.6 is 11.8 Å². The molecule has 0 bridgehead atoms. The summed E-state index contributed by atoms with van der Waals surface area (Å²) in [5.74, 6) is 0.562. The fraction of sp³-hybridized carbons (Fsp3) is 0.500. The van der Waals surface area contributed by atoms with Gasteiger partial charge < -0.3 is 10.2 Å². The Hall–Kier alpha value is -1.58. The standard InChI is InChI=1S/C16H23N3O4S2/c1-3-19(4-2)25(22,23)14-7-5-13(6-8-14)17-15(20)9-10-18-11-12-24-16(18)21/h5-8H,3-4,9-12H2,1-2H3,(H,17,20). The van der Waals surface area contributed by atoms with Gasteiger partial charge in [-0.15, -0.1) is 0 Å². The molecule has 1 N–H and O–H groups in total. The molecule has 138 valence electrons. The Kier molecular flexibility index (Phi) is 6.86. The van der Waals surface area contributed by atoms with Crippen LogP contribution in [-0.2, 0) is 14.8 Å². The first-order chi connectivity index (χ1) is 11.9. The summed E-state index contributed by atoms with van der Waals surface area (Å²) in [6, 6.07) is 6.13. The maximum atomic E-state index is 12.4. The summed E-state index contributed by atoms with van der Waals surface area (Å²) in [5, 5.41) is 2.74. The van der Waals surface area contributed by atoms with Crippen LogP contribution < -0.4 is 5.32 Å². The smallest absolute Gasteiger partial charge is 0.281 e. The van der Waals surface area contributed by atoms with Crippen molar-refractivity contribution in [2.75, 3.05) is 37.2 Å². The predicted octanol–water partition coefficient (Wildman–Crippen LogP) is 2.21. The Morgan fingerprint density at radius 2 is 1.88 bits per heavy atom. The zero-order valence-electron chi connectivity index (χ0n) is 14.4. The molecule has 0 aliphatic carbocycles. The van der Waals surface area contributed by atoms with Gasteiger partial charge in [0.15, 0.2) is 0 Å². The van der Waals surface area contributed by atoms with Crippen molar-refractivity contribution in [2.45, 2.75) is 25.2 Å². The van der Waals surface area contributed by atoms with E-state index in [4.69, 9.17) is 0 Å². The fourth-order valence-electron chi connectivity index (χ4n) is 2.51. The number of thioether (sulfide) groups is 1. The minimum absolute atomic E-state index is 0.0127. The average molecular weight is 386 g/mol. The first-order valence-electron chi connectivity index (χ1n) is 8.20. The SMILES string of the molecule is CCN(CC)S(=O)(=O)c1ccc(NC(=O)CCN2CCSC2=O)cc1. The Bertz CT molecular complexity index is 715. The van der Waals surface area contributed by atoms with Crippen LogP contribution in [-0.4, -0.2) is 60.7 Å². The second-order valence-corrected chi connectivity index (χ2v) is 8.50. The number of anilines is 1. The van der Waals surface area contributed by atoms with E-state index in [9.17, 15) is 18.0 Å². The van der Waals surface area contributed by atoms with Crippen LogP contribution in [0.1, 0.15) is 20.3 Å². The maximum Gasteiger partial charge on any atom is 0.281 e. The summed E-state index contributed by atoms with van der Waals surface area (Å²) in [6.07, 6.45) is 0.214. The Balaban J connectivity index is 1.93. The molecule has 0 atom stereocenters. The number of hydrogen-bond acceptors (Lipinski definition) is 5. The van der Waals surface area contributed by atoms with Crippen molar-refractivity contribution in [2.24, 2.45) is 0 Å². The number of rotatable bonds is 8. The van der Waals surface area contributed by atoms with Gasteiger partial charge >= 0.3 is 0 Å². The van der Waals surface area contributed by atoms with Crippen molar-refractivity contribution in [3.8, 4) is 0 Å². The number of sulfonamides is 1. The number of benzene rings is 1. The van der Waals surface area contributed by atoms with Crippen molar-refractivity contribution in [3.63, 3.8) is 0 Å². The van der Waals surface area contributed by atoms with Crippen molar-refractivity contribution in [3.05, 3.63) is 24.3 Å². The van der Waals surface area contributed by atoms with E-state index in [0.717, 1.165) is 5.75 Å². The molecule has 9 heteroatoms. The highest BCUT2D eigenvalue weighted by Gasteiger charge is 2.22. The van der Waals surface area contributed by atoms with Crippen LogP contribution in [0.15, 0.2) is 29.2 Å². The van der Waals surface area contributed by atoms with Gasteiger partial charge in [0.1, 0.15) is 0 Å². The first kappa shape index (κ1) is 19.7. The molecule has 1 aliphatic rings. The van der Waals surface area contributed by atoms with Gasteiger partial charge in [-0.1, -0.05) is 25.6 Å². The monoisotopic (exact) mass is 385 g/mol. The van der Waals surface area contributed by atoms with Gasteiger partial charge in [-0.3, -0.25) is 9.59 Å². The van der Waals surface area contributed by atoms with Crippen molar-refractivity contribution in [1.82, 2.24) is 9.21 Å². The maximum absolute atomic E-state index is 12.4. The minimum atomic E-state index is -3.50. The average Bonchev–Trinajstić information content (AvgIpc) is 2.99. The molecule has 1 fully saturated rings. The van der Waals surface area contributed by atoms with Crippen LogP contribution in [0.25, 0.3) is 0 Å². The van der Waals surface area contributed by atoms with Crippen LogP contribution in [0.2, 0.25) is 0 Å². The second kappa shape index (κ2) is 8.68. The van der Waals surface area contributed by atoms with E-state index in [0.29, 0.717) is 31.9 Å². The molecule has 1 aromatic carbocycles. The quantitative estimate of drug-likeness (QED) is 0.741. The van der Waals surface area contributed by atoms with E-state index in [1.54, 1.807) is 30.9 Å². The lowest BCUT2D eigenvalue weighted by molar-refractivity contribution is -0.116. The molecule has 1 heterocycles.